The van der Waals surface area contributed by atoms with E-state index in [-0.39, 0.29) is 11.8 Å². The maximum absolute atomic E-state index is 12.9. The molecule has 1 saturated heterocycles. The van der Waals surface area contributed by atoms with E-state index in [2.05, 4.69) is 20.4 Å². The molecular formula is C25H28N4O4. The summed E-state index contributed by atoms with van der Waals surface area (Å²) < 4.78 is 16.0. The summed E-state index contributed by atoms with van der Waals surface area (Å²) in [6, 6.07) is 17.0. The minimum Gasteiger partial charge on any atom is -0.497 e. The van der Waals surface area contributed by atoms with Crippen molar-refractivity contribution >= 4 is 17.4 Å². The van der Waals surface area contributed by atoms with Gasteiger partial charge in [0.1, 0.15) is 17.2 Å². The molecule has 8 nitrogen and oxygen atoms in total. The lowest BCUT2D eigenvalue weighted by atomic mass is 9.95. The van der Waals surface area contributed by atoms with Crippen molar-refractivity contribution < 1.29 is 19.0 Å². The number of carbonyl (C=O) groups excluding carboxylic acids is 1. The summed E-state index contributed by atoms with van der Waals surface area (Å²) in [7, 11) is 4.82. The SMILES string of the molecule is COc1ccc(OC)c(NC(=O)C2CCN(c3ccc(-c4ccccc4OC)nn3)CC2)c1. The smallest absolute Gasteiger partial charge is 0.227 e. The molecule has 33 heavy (non-hydrogen) atoms. The van der Waals surface area contributed by atoms with Crippen molar-refractivity contribution in [2.24, 2.45) is 5.92 Å². The van der Waals surface area contributed by atoms with E-state index in [1.54, 1.807) is 39.5 Å². The van der Waals surface area contributed by atoms with Gasteiger partial charge in [-0.3, -0.25) is 4.79 Å². The van der Waals surface area contributed by atoms with Crippen LogP contribution in [0.5, 0.6) is 17.2 Å². The Morgan fingerprint density at radius 3 is 2.33 bits per heavy atom. The molecule has 1 aromatic heterocycles. The van der Waals surface area contributed by atoms with E-state index < -0.39 is 0 Å². The van der Waals surface area contributed by atoms with E-state index in [0.717, 1.165) is 48.8 Å². The fourth-order valence-corrected chi connectivity index (χ4v) is 4.01. The summed E-state index contributed by atoms with van der Waals surface area (Å²) in [5.74, 6) is 2.74. The van der Waals surface area contributed by atoms with Gasteiger partial charge < -0.3 is 24.4 Å². The number of amides is 1. The second kappa shape index (κ2) is 10.2. The standard InChI is InChI=1S/C25H28N4O4/c1-31-18-8-10-23(33-3)21(16-18)26-25(30)17-12-14-29(15-13-17)24-11-9-20(27-28-24)19-6-4-5-7-22(19)32-2/h4-11,16-17H,12-15H2,1-3H3,(H,26,30). The average Bonchev–Trinajstić information content (AvgIpc) is 2.88. The maximum atomic E-state index is 12.9. The number of benzene rings is 2. The van der Waals surface area contributed by atoms with Crippen LogP contribution in [0, 0.1) is 5.92 Å². The minimum atomic E-state index is -0.0852. The summed E-state index contributed by atoms with van der Waals surface area (Å²) in [5, 5.41) is 11.8. The third kappa shape index (κ3) is 5.00. The van der Waals surface area contributed by atoms with Crippen molar-refractivity contribution in [3.05, 3.63) is 54.6 Å². The lowest BCUT2D eigenvalue weighted by molar-refractivity contribution is -0.120. The number of rotatable bonds is 7. The highest BCUT2D eigenvalue weighted by Crippen LogP contribution is 2.31. The second-order valence-electron chi connectivity index (χ2n) is 7.79. The zero-order valence-electron chi connectivity index (χ0n) is 19.1. The van der Waals surface area contributed by atoms with Gasteiger partial charge in [-0.05, 0) is 49.2 Å². The van der Waals surface area contributed by atoms with Gasteiger partial charge in [-0.2, -0.15) is 0 Å². The predicted molar refractivity (Wildman–Crippen MR) is 127 cm³/mol. The molecule has 1 aliphatic rings. The molecule has 0 radical (unpaired) electrons. The Hall–Kier alpha value is -3.81. The fraction of sp³-hybridized carbons (Fsp3) is 0.320. The molecule has 0 aliphatic carbocycles. The van der Waals surface area contributed by atoms with Crippen molar-refractivity contribution in [2.45, 2.75) is 12.8 Å². The molecule has 1 amide bonds. The lowest BCUT2D eigenvalue weighted by Gasteiger charge is -2.32. The Bertz CT molecular complexity index is 1100. The molecule has 8 heteroatoms. The number of nitrogens with one attached hydrogen (secondary N) is 1. The summed E-state index contributed by atoms with van der Waals surface area (Å²) in [4.78, 5) is 15.0. The molecule has 4 rings (SSSR count). The minimum absolute atomic E-state index is 0.0150. The first-order valence-corrected chi connectivity index (χ1v) is 10.9. The monoisotopic (exact) mass is 448 g/mol. The summed E-state index contributed by atoms with van der Waals surface area (Å²) >= 11 is 0. The van der Waals surface area contributed by atoms with Crippen LogP contribution in [-0.2, 0) is 4.79 Å². The summed E-state index contributed by atoms with van der Waals surface area (Å²) in [5.41, 5.74) is 2.28. The number of nitrogens with zero attached hydrogens (tertiary/aromatic N) is 3. The molecule has 0 atom stereocenters. The molecule has 1 N–H and O–H groups in total. The third-order valence-corrected chi connectivity index (χ3v) is 5.89. The molecule has 0 bridgehead atoms. The van der Waals surface area contributed by atoms with Crippen LogP contribution in [0.15, 0.2) is 54.6 Å². The molecule has 2 aromatic carbocycles. The van der Waals surface area contributed by atoms with Gasteiger partial charge in [-0.1, -0.05) is 12.1 Å². The number of methoxy groups -OCH3 is 3. The van der Waals surface area contributed by atoms with Gasteiger partial charge in [0.05, 0.1) is 32.7 Å². The molecule has 0 saturated carbocycles. The molecule has 2 heterocycles. The van der Waals surface area contributed by atoms with Gasteiger partial charge in [-0.15, -0.1) is 10.2 Å². The second-order valence-corrected chi connectivity index (χ2v) is 7.79. The van der Waals surface area contributed by atoms with Gasteiger partial charge in [0.2, 0.25) is 5.91 Å². The molecule has 0 unspecified atom stereocenters. The number of hydrogen-bond donors (Lipinski definition) is 1. The lowest BCUT2D eigenvalue weighted by Crippen LogP contribution is -2.38. The first-order valence-electron chi connectivity index (χ1n) is 10.9. The highest BCUT2D eigenvalue weighted by Gasteiger charge is 2.26. The largest absolute Gasteiger partial charge is 0.497 e. The zero-order chi connectivity index (χ0) is 23.2. The first-order chi connectivity index (χ1) is 16.1. The summed E-state index contributed by atoms with van der Waals surface area (Å²) in [6.07, 6.45) is 1.46. The van der Waals surface area contributed by atoms with E-state index in [1.807, 2.05) is 36.4 Å². The van der Waals surface area contributed by atoms with Crippen molar-refractivity contribution in [2.75, 3.05) is 44.6 Å². The van der Waals surface area contributed by atoms with Crippen LogP contribution in [0.2, 0.25) is 0 Å². The number of ether oxygens (including phenoxy) is 3. The number of para-hydroxylation sites is 1. The van der Waals surface area contributed by atoms with Crippen LogP contribution in [0.1, 0.15) is 12.8 Å². The number of anilines is 2. The van der Waals surface area contributed by atoms with Gasteiger partial charge in [-0.25, -0.2) is 0 Å². The van der Waals surface area contributed by atoms with Gasteiger partial charge >= 0.3 is 0 Å². The van der Waals surface area contributed by atoms with Crippen LogP contribution in [0.25, 0.3) is 11.3 Å². The highest BCUT2D eigenvalue weighted by atomic mass is 16.5. The number of hydrogen-bond acceptors (Lipinski definition) is 7. The molecule has 3 aromatic rings. The Morgan fingerprint density at radius 2 is 1.67 bits per heavy atom. The van der Waals surface area contributed by atoms with E-state index in [0.29, 0.717) is 17.2 Å². The Kier molecular flexibility index (Phi) is 6.92. The van der Waals surface area contributed by atoms with E-state index in [1.165, 1.54) is 0 Å². The molecule has 0 spiro atoms. The highest BCUT2D eigenvalue weighted by molar-refractivity contribution is 5.94. The zero-order valence-corrected chi connectivity index (χ0v) is 19.1. The Morgan fingerprint density at radius 1 is 0.909 bits per heavy atom. The predicted octanol–water partition coefficient (Wildman–Crippen LogP) is 4.02. The van der Waals surface area contributed by atoms with Crippen LogP contribution < -0.4 is 24.4 Å². The van der Waals surface area contributed by atoms with Crippen molar-refractivity contribution in [3.63, 3.8) is 0 Å². The van der Waals surface area contributed by atoms with Gasteiger partial charge in [0.15, 0.2) is 5.82 Å². The quantitative estimate of drug-likeness (QED) is 0.584. The van der Waals surface area contributed by atoms with Crippen LogP contribution in [-0.4, -0.2) is 50.5 Å². The van der Waals surface area contributed by atoms with E-state index in [4.69, 9.17) is 14.2 Å². The molecule has 172 valence electrons. The fourth-order valence-electron chi connectivity index (χ4n) is 4.01. The normalized spacial score (nSPS) is 14.0. The van der Waals surface area contributed by atoms with E-state index >= 15 is 0 Å². The first kappa shape index (κ1) is 22.4. The van der Waals surface area contributed by atoms with E-state index in [9.17, 15) is 4.79 Å². The molecule has 1 fully saturated rings. The van der Waals surface area contributed by atoms with Crippen molar-refractivity contribution in [3.8, 4) is 28.5 Å². The van der Waals surface area contributed by atoms with Gasteiger partial charge in [0.25, 0.3) is 0 Å². The van der Waals surface area contributed by atoms with Gasteiger partial charge in [0, 0.05) is 30.6 Å². The third-order valence-electron chi connectivity index (χ3n) is 5.89. The van der Waals surface area contributed by atoms with Crippen LogP contribution in [0.4, 0.5) is 11.5 Å². The number of piperidine rings is 1. The number of aromatic nitrogens is 2. The molecular weight excluding hydrogens is 420 g/mol. The van der Waals surface area contributed by atoms with Crippen molar-refractivity contribution in [1.29, 1.82) is 0 Å². The Labute approximate surface area is 193 Å². The summed E-state index contributed by atoms with van der Waals surface area (Å²) in [6.45, 7) is 1.46. The molecule has 1 aliphatic heterocycles. The van der Waals surface area contributed by atoms with Crippen molar-refractivity contribution in [1.82, 2.24) is 10.2 Å². The Balaban J connectivity index is 1.37. The number of carbonyl (C=O) groups is 1. The topological polar surface area (TPSA) is 85.8 Å². The maximum Gasteiger partial charge on any atom is 0.227 e. The van der Waals surface area contributed by atoms with Crippen LogP contribution >= 0.6 is 0 Å². The average molecular weight is 449 g/mol. The van der Waals surface area contributed by atoms with Crippen LogP contribution in [0.3, 0.4) is 0 Å².